The summed E-state index contributed by atoms with van der Waals surface area (Å²) >= 11 is 0. The number of nitrogens with zero attached hydrogens (tertiary/aromatic N) is 7. The average Bonchev–Trinajstić information content (AvgIpc) is 3.10. The quantitative estimate of drug-likeness (QED) is 0.773. The molecule has 152 valence electrons. The van der Waals surface area contributed by atoms with Crippen molar-refractivity contribution in [3.8, 4) is 0 Å². The molecule has 0 aliphatic carbocycles. The molecule has 28 heavy (non-hydrogen) atoms. The van der Waals surface area contributed by atoms with Crippen molar-refractivity contribution in [1.29, 1.82) is 0 Å². The van der Waals surface area contributed by atoms with Crippen LogP contribution in [-0.4, -0.2) is 86.8 Å². The Kier molecular flexibility index (Phi) is 4.86. The molecule has 2 aliphatic heterocycles. The maximum absolute atomic E-state index is 12.7. The smallest absolute Gasteiger partial charge is 0.354 e. The lowest BCUT2D eigenvalue weighted by molar-refractivity contribution is -0.167. The molecule has 2 aromatic heterocycles. The third-order valence-corrected chi connectivity index (χ3v) is 5.31. The summed E-state index contributed by atoms with van der Waals surface area (Å²) in [6.07, 6.45) is -1.71. The van der Waals surface area contributed by atoms with Crippen molar-refractivity contribution in [2.24, 2.45) is 0 Å². The molecule has 2 fully saturated rings. The fourth-order valence-corrected chi connectivity index (χ4v) is 4.03. The maximum Gasteiger partial charge on any atom is 0.406 e. The van der Waals surface area contributed by atoms with Crippen LogP contribution in [0.15, 0.2) is 12.4 Å². The number of likely N-dealkylation sites (tertiary alicyclic amines) is 1. The molecule has 0 aromatic carbocycles. The fraction of sp³-hybridized carbons (Fsp3) is 0.647. The Morgan fingerprint density at radius 2 is 1.93 bits per heavy atom. The number of hydrogen-bond acceptors (Lipinski definition) is 6. The van der Waals surface area contributed by atoms with E-state index in [-0.39, 0.29) is 6.54 Å². The van der Waals surface area contributed by atoms with Crippen LogP contribution in [0.5, 0.6) is 0 Å². The minimum absolute atomic E-state index is 0.176. The molecule has 1 amide bonds. The molecular formula is C17H22F3N7O. The van der Waals surface area contributed by atoms with Gasteiger partial charge in [-0.3, -0.25) is 9.69 Å². The highest BCUT2D eigenvalue weighted by molar-refractivity contribution is 5.82. The summed E-state index contributed by atoms with van der Waals surface area (Å²) in [5, 5.41) is 4.22. The van der Waals surface area contributed by atoms with Crippen molar-refractivity contribution in [3.63, 3.8) is 0 Å². The second kappa shape index (κ2) is 7.19. The van der Waals surface area contributed by atoms with Gasteiger partial charge in [-0.1, -0.05) is 0 Å². The first-order chi connectivity index (χ1) is 13.3. The number of amides is 1. The molecular weight excluding hydrogens is 375 g/mol. The summed E-state index contributed by atoms with van der Waals surface area (Å²) in [6.45, 7) is 3.42. The van der Waals surface area contributed by atoms with E-state index in [1.807, 2.05) is 17.9 Å². The monoisotopic (exact) mass is 397 g/mol. The van der Waals surface area contributed by atoms with E-state index >= 15 is 0 Å². The number of hydrogen-bond donors (Lipinski definition) is 0. The summed E-state index contributed by atoms with van der Waals surface area (Å²) in [5.41, 5.74) is 0.836. The third-order valence-electron chi connectivity index (χ3n) is 5.31. The van der Waals surface area contributed by atoms with E-state index in [1.165, 1.54) is 6.33 Å². The van der Waals surface area contributed by atoms with E-state index in [1.54, 1.807) is 4.52 Å². The highest BCUT2D eigenvalue weighted by Crippen LogP contribution is 2.25. The van der Waals surface area contributed by atoms with Crippen molar-refractivity contribution < 1.29 is 18.0 Å². The number of anilines is 1. The largest absolute Gasteiger partial charge is 0.406 e. The lowest BCUT2D eigenvalue weighted by Gasteiger charge is -2.43. The normalized spacial score (nSPS) is 22.3. The van der Waals surface area contributed by atoms with Gasteiger partial charge in [-0.25, -0.2) is 4.98 Å². The number of carbonyl (C=O) groups is 1. The molecule has 8 nitrogen and oxygen atoms in total. The lowest BCUT2D eigenvalue weighted by Crippen LogP contribution is -2.58. The molecule has 1 unspecified atom stereocenters. The molecule has 4 heterocycles. The van der Waals surface area contributed by atoms with E-state index in [9.17, 15) is 18.0 Å². The Morgan fingerprint density at radius 1 is 1.18 bits per heavy atom. The molecule has 1 atom stereocenters. The highest BCUT2D eigenvalue weighted by Gasteiger charge is 2.40. The Hall–Kier alpha value is -2.43. The van der Waals surface area contributed by atoms with Crippen molar-refractivity contribution in [2.75, 3.05) is 44.2 Å². The highest BCUT2D eigenvalue weighted by atomic mass is 19.4. The van der Waals surface area contributed by atoms with Crippen molar-refractivity contribution in [1.82, 2.24) is 29.4 Å². The second-order valence-electron chi connectivity index (χ2n) is 7.28. The van der Waals surface area contributed by atoms with Gasteiger partial charge < -0.3 is 9.80 Å². The summed E-state index contributed by atoms with van der Waals surface area (Å²) in [7, 11) is 0. The minimum atomic E-state index is -4.36. The van der Waals surface area contributed by atoms with E-state index in [0.717, 1.165) is 16.4 Å². The van der Waals surface area contributed by atoms with Crippen LogP contribution in [0.1, 0.15) is 18.5 Å². The zero-order valence-electron chi connectivity index (χ0n) is 15.6. The molecule has 0 N–H and O–H groups in total. The number of piperazine rings is 1. The average molecular weight is 397 g/mol. The zero-order chi connectivity index (χ0) is 19.9. The van der Waals surface area contributed by atoms with Gasteiger partial charge in [0.05, 0.1) is 6.04 Å². The predicted octanol–water partition coefficient (Wildman–Crippen LogP) is 1.11. The number of aryl methyl sites for hydroxylation is 1. The summed E-state index contributed by atoms with van der Waals surface area (Å²) < 4.78 is 39.8. The number of alkyl halides is 3. The standard InChI is InChI=1S/C17H22F3N7O/c1-12-9-14(27-16(23-12)21-11-22-27)25-7-5-24(6-8-25)13-3-2-4-26(15(13)28)10-17(18,19)20/h9,11,13H,2-8,10H2,1H3. The number of aromatic nitrogens is 4. The molecule has 2 saturated heterocycles. The maximum atomic E-state index is 12.7. The summed E-state index contributed by atoms with van der Waals surface area (Å²) in [4.78, 5) is 26.2. The van der Waals surface area contributed by atoms with Crippen LogP contribution < -0.4 is 4.90 Å². The fourth-order valence-electron chi connectivity index (χ4n) is 4.03. The van der Waals surface area contributed by atoms with Gasteiger partial charge in [0.15, 0.2) is 0 Å². The summed E-state index contributed by atoms with van der Waals surface area (Å²) in [5.74, 6) is 1.01. The van der Waals surface area contributed by atoms with Crippen LogP contribution in [0.4, 0.5) is 19.0 Å². The van der Waals surface area contributed by atoms with E-state index in [4.69, 9.17) is 0 Å². The Labute approximate surface area is 159 Å². The number of carbonyl (C=O) groups excluding carboxylic acids is 1. The number of fused-ring (bicyclic) bond motifs is 1. The van der Waals surface area contributed by atoms with Crippen LogP contribution in [-0.2, 0) is 4.79 Å². The molecule has 0 spiro atoms. The van der Waals surface area contributed by atoms with Gasteiger partial charge in [0, 0.05) is 44.5 Å². The van der Waals surface area contributed by atoms with Crippen molar-refractivity contribution in [3.05, 3.63) is 18.1 Å². The second-order valence-corrected chi connectivity index (χ2v) is 7.28. The molecule has 2 aromatic rings. The Bertz CT molecular complexity index is 860. The van der Waals surface area contributed by atoms with E-state index in [0.29, 0.717) is 44.8 Å². The van der Waals surface area contributed by atoms with Gasteiger partial charge in [0.1, 0.15) is 18.7 Å². The minimum Gasteiger partial charge on any atom is -0.354 e. The first-order valence-corrected chi connectivity index (χ1v) is 9.34. The van der Waals surface area contributed by atoms with Gasteiger partial charge in [-0.2, -0.15) is 27.8 Å². The van der Waals surface area contributed by atoms with E-state index in [2.05, 4.69) is 20.0 Å². The van der Waals surface area contributed by atoms with E-state index < -0.39 is 24.7 Å². The Balaban J connectivity index is 1.44. The van der Waals surface area contributed by atoms with Crippen molar-refractivity contribution >= 4 is 17.5 Å². The summed E-state index contributed by atoms with van der Waals surface area (Å²) in [6, 6.07) is 1.47. The van der Waals surface area contributed by atoms with Gasteiger partial charge in [0.25, 0.3) is 5.78 Å². The van der Waals surface area contributed by atoms with Gasteiger partial charge in [-0.15, -0.1) is 0 Å². The Morgan fingerprint density at radius 3 is 2.64 bits per heavy atom. The molecule has 0 radical (unpaired) electrons. The molecule has 11 heteroatoms. The van der Waals surface area contributed by atoms with Crippen LogP contribution in [0.2, 0.25) is 0 Å². The van der Waals surface area contributed by atoms with Crippen molar-refractivity contribution in [2.45, 2.75) is 32.0 Å². The molecule has 0 bridgehead atoms. The lowest BCUT2D eigenvalue weighted by atomic mass is 10.0. The van der Waals surface area contributed by atoms with Crippen LogP contribution in [0.3, 0.4) is 0 Å². The zero-order valence-corrected chi connectivity index (χ0v) is 15.6. The number of halogens is 3. The number of rotatable bonds is 3. The predicted molar refractivity (Wildman–Crippen MR) is 95.0 cm³/mol. The van der Waals surface area contributed by atoms with Gasteiger partial charge in [-0.05, 0) is 19.8 Å². The van der Waals surface area contributed by atoms with Gasteiger partial charge >= 0.3 is 6.18 Å². The van der Waals surface area contributed by atoms with Crippen LogP contribution >= 0.6 is 0 Å². The topological polar surface area (TPSA) is 69.9 Å². The molecule has 2 aliphatic rings. The first kappa shape index (κ1) is 18.9. The number of piperidine rings is 1. The SMILES string of the molecule is Cc1cc(N2CCN(C3CCCN(CC(F)(F)F)C3=O)CC2)n2ncnc2n1. The third kappa shape index (κ3) is 3.75. The molecule has 4 rings (SSSR count). The molecule has 0 saturated carbocycles. The van der Waals surface area contributed by atoms with Crippen LogP contribution in [0.25, 0.3) is 5.78 Å². The first-order valence-electron chi connectivity index (χ1n) is 9.34. The van der Waals surface area contributed by atoms with Gasteiger partial charge in [0.2, 0.25) is 5.91 Å². The van der Waals surface area contributed by atoms with Crippen LogP contribution in [0, 0.1) is 6.92 Å².